The number of fused-ring (bicyclic) bond motifs is 1. The molecule has 0 heterocycles. The highest BCUT2D eigenvalue weighted by Gasteiger charge is 2.24. The lowest BCUT2D eigenvalue weighted by atomic mass is 10.1. The number of hydrogen-bond acceptors (Lipinski definition) is 2. The maximum Gasteiger partial charge on any atom is 0.233 e. The van der Waals surface area contributed by atoms with Crippen LogP contribution < -0.4 is 10.6 Å². The van der Waals surface area contributed by atoms with Crippen LogP contribution >= 0.6 is 0 Å². The molecule has 1 aliphatic rings. The Morgan fingerprint density at radius 2 is 2.26 bits per heavy atom. The maximum atomic E-state index is 13.6. The molecule has 0 fully saturated rings. The first kappa shape index (κ1) is 14.0. The molecule has 2 rings (SSSR count). The molecule has 104 valence electrons. The van der Waals surface area contributed by atoms with E-state index in [9.17, 15) is 9.18 Å². The lowest BCUT2D eigenvalue weighted by Gasteiger charge is -2.14. The molecule has 1 aromatic rings. The summed E-state index contributed by atoms with van der Waals surface area (Å²) < 4.78 is 13.6. The highest BCUT2D eigenvalue weighted by atomic mass is 19.1. The highest BCUT2D eigenvalue weighted by Crippen LogP contribution is 2.32. The van der Waals surface area contributed by atoms with E-state index in [-0.39, 0.29) is 24.3 Å². The van der Waals surface area contributed by atoms with Crippen molar-refractivity contribution in [1.29, 1.82) is 0 Å². The third kappa shape index (κ3) is 3.53. The van der Waals surface area contributed by atoms with Gasteiger partial charge >= 0.3 is 0 Å². The second-order valence-electron chi connectivity index (χ2n) is 5.48. The number of halogens is 1. The van der Waals surface area contributed by atoms with Crippen LogP contribution in [0.25, 0.3) is 0 Å². The topological polar surface area (TPSA) is 41.1 Å². The van der Waals surface area contributed by atoms with Crippen LogP contribution in [0.3, 0.4) is 0 Å². The Kier molecular flexibility index (Phi) is 4.53. The van der Waals surface area contributed by atoms with E-state index in [4.69, 9.17) is 0 Å². The van der Waals surface area contributed by atoms with E-state index in [0.717, 1.165) is 24.0 Å². The van der Waals surface area contributed by atoms with Gasteiger partial charge in [0.25, 0.3) is 0 Å². The van der Waals surface area contributed by atoms with Crippen molar-refractivity contribution in [1.82, 2.24) is 10.6 Å². The second kappa shape index (κ2) is 6.15. The molecule has 1 aromatic carbocycles. The van der Waals surface area contributed by atoms with E-state index in [1.54, 1.807) is 6.07 Å². The Hall–Kier alpha value is -1.42. The number of nitrogens with one attached hydrogen (secondary N) is 2. The van der Waals surface area contributed by atoms with E-state index in [0.29, 0.717) is 12.5 Å². The van der Waals surface area contributed by atoms with Crippen molar-refractivity contribution in [3.63, 3.8) is 0 Å². The van der Waals surface area contributed by atoms with E-state index >= 15 is 0 Å². The summed E-state index contributed by atoms with van der Waals surface area (Å²) in [5.74, 6) is 0.315. The fourth-order valence-electron chi connectivity index (χ4n) is 2.42. The Balaban J connectivity index is 1.86. The lowest BCUT2D eigenvalue weighted by molar-refractivity contribution is -0.120. The molecule has 1 aliphatic carbocycles. The zero-order valence-electron chi connectivity index (χ0n) is 11.5. The molecule has 2 N–H and O–H groups in total. The maximum absolute atomic E-state index is 13.6. The number of carbonyl (C=O) groups excluding carboxylic acids is 1. The molecular weight excluding hydrogens is 243 g/mol. The zero-order valence-corrected chi connectivity index (χ0v) is 11.5. The summed E-state index contributed by atoms with van der Waals surface area (Å²) in [6.07, 6.45) is 1.60. The van der Waals surface area contributed by atoms with Gasteiger partial charge in [-0.25, -0.2) is 4.39 Å². The van der Waals surface area contributed by atoms with Crippen LogP contribution in [-0.4, -0.2) is 19.0 Å². The fourth-order valence-corrected chi connectivity index (χ4v) is 2.42. The molecule has 1 atom stereocenters. The molecule has 19 heavy (non-hydrogen) atoms. The minimum absolute atomic E-state index is 0.00134. The quantitative estimate of drug-likeness (QED) is 0.856. The van der Waals surface area contributed by atoms with Gasteiger partial charge in [-0.2, -0.15) is 0 Å². The molecule has 3 nitrogen and oxygen atoms in total. The van der Waals surface area contributed by atoms with Crippen LogP contribution in [0.15, 0.2) is 18.2 Å². The number of carbonyl (C=O) groups is 1. The molecule has 0 aromatic heterocycles. The first-order chi connectivity index (χ1) is 9.08. The van der Waals surface area contributed by atoms with Gasteiger partial charge in [0.1, 0.15) is 5.82 Å². The van der Waals surface area contributed by atoms with Gasteiger partial charge in [0.05, 0.1) is 6.54 Å². The van der Waals surface area contributed by atoms with Gasteiger partial charge in [0.15, 0.2) is 0 Å². The summed E-state index contributed by atoms with van der Waals surface area (Å²) in [6.45, 7) is 5.09. The van der Waals surface area contributed by atoms with Crippen LogP contribution in [0.4, 0.5) is 4.39 Å². The van der Waals surface area contributed by atoms with Crippen LogP contribution in [0, 0.1) is 11.7 Å². The minimum atomic E-state index is -0.133. The number of amides is 1. The Morgan fingerprint density at radius 3 is 3.00 bits per heavy atom. The predicted octanol–water partition coefficient (Wildman–Crippen LogP) is 2.17. The summed E-state index contributed by atoms with van der Waals surface area (Å²) in [5.41, 5.74) is 1.79. The smallest absolute Gasteiger partial charge is 0.233 e. The standard InChI is InChI=1S/C15H21FN2O/c1-10(2)8-18-15(19)9-17-14-7-6-11-12(14)4-3-5-13(11)16/h3-5,10,14,17H,6-9H2,1-2H3,(H,18,19). The fraction of sp³-hybridized carbons (Fsp3) is 0.533. The van der Waals surface area contributed by atoms with Crippen LogP contribution in [0.1, 0.15) is 37.4 Å². The first-order valence-electron chi connectivity index (χ1n) is 6.85. The third-order valence-electron chi connectivity index (χ3n) is 3.43. The van der Waals surface area contributed by atoms with E-state index in [2.05, 4.69) is 24.5 Å². The number of hydrogen-bond donors (Lipinski definition) is 2. The predicted molar refractivity (Wildman–Crippen MR) is 73.3 cm³/mol. The normalized spacial score (nSPS) is 17.6. The Bertz CT molecular complexity index is 459. The van der Waals surface area contributed by atoms with Crippen LogP contribution in [0.5, 0.6) is 0 Å². The van der Waals surface area contributed by atoms with Crippen molar-refractivity contribution in [3.05, 3.63) is 35.1 Å². The van der Waals surface area contributed by atoms with Crippen LogP contribution in [-0.2, 0) is 11.2 Å². The van der Waals surface area contributed by atoms with Crippen molar-refractivity contribution in [3.8, 4) is 0 Å². The van der Waals surface area contributed by atoms with Crippen LogP contribution in [0.2, 0.25) is 0 Å². The molecular formula is C15H21FN2O. The second-order valence-corrected chi connectivity index (χ2v) is 5.48. The van der Waals surface area contributed by atoms with Crippen molar-refractivity contribution < 1.29 is 9.18 Å². The van der Waals surface area contributed by atoms with Crippen molar-refractivity contribution in [2.45, 2.75) is 32.7 Å². The molecule has 0 saturated heterocycles. The molecule has 1 amide bonds. The Labute approximate surface area is 113 Å². The van der Waals surface area contributed by atoms with E-state index in [1.165, 1.54) is 6.07 Å². The van der Waals surface area contributed by atoms with Crippen molar-refractivity contribution >= 4 is 5.91 Å². The average Bonchev–Trinajstić information content (AvgIpc) is 2.78. The van der Waals surface area contributed by atoms with Gasteiger partial charge in [-0.05, 0) is 36.0 Å². The van der Waals surface area contributed by atoms with E-state index < -0.39 is 0 Å². The van der Waals surface area contributed by atoms with Gasteiger partial charge in [0.2, 0.25) is 5.91 Å². The largest absolute Gasteiger partial charge is 0.355 e. The van der Waals surface area contributed by atoms with Crippen molar-refractivity contribution in [2.24, 2.45) is 5.92 Å². The molecule has 0 aliphatic heterocycles. The summed E-state index contributed by atoms with van der Waals surface area (Å²) in [4.78, 5) is 11.6. The number of benzene rings is 1. The summed E-state index contributed by atoms with van der Waals surface area (Å²) in [5, 5.41) is 6.08. The van der Waals surface area contributed by atoms with Gasteiger partial charge in [-0.3, -0.25) is 4.79 Å². The minimum Gasteiger partial charge on any atom is -0.355 e. The van der Waals surface area contributed by atoms with Gasteiger partial charge in [0, 0.05) is 12.6 Å². The first-order valence-corrected chi connectivity index (χ1v) is 6.85. The molecule has 1 unspecified atom stereocenters. The highest BCUT2D eigenvalue weighted by molar-refractivity contribution is 5.78. The molecule has 0 bridgehead atoms. The average molecular weight is 264 g/mol. The van der Waals surface area contributed by atoms with Gasteiger partial charge in [-0.1, -0.05) is 26.0 Å². The molecule has 0 radical (unpaired) electrons. The lowest BCUT2D eigenvalue weighted by Crippen LogP contribution is -2.36. The zero-order chi connectivity index (χ0) is 13.8. The molecule has 4 heteroatoms. The monoisotopic (exact) mass is 264 g/mol. The summed E-state index contributed by atoms with van der Waals surface area (Å²) >= 11 is 0. The Morgan fingerprint density at radius 1 is 1.47 bits per heavy atom. The number of rotatable bonds is 5. The van der Waals surface area contributed by atoms with Crippen molar-refractivity contribution in [2.75, 3.05) is 13.1 Å². The van der Waals surface area contributed by atoms with E-state index in [1.807, 2.05) is 6.07 Å². The molecule has 0 saturated carbocycles. The molecule has 0 spiro atoms. The summed E-state index contributed by atoms with van der Waals surface area (Å²) in [6, 6.07) is 5.26. The van der Waals surface area contributed by atoms with Gasteiger partial charge < -0.3 is 10.6 Å². The SMILES string of the molecule is CC(C)CNC(=O)CNC1CCc2c(F)cccc21. The van der Waals surface area contributed by atoms with Gasteiger partial charge in [-0.15, -0.1) is 0 Å². The third-order valence-corrected chi connectivity index (χ3v) is 3.43. The summed E-state index contributed by atoms with van der Waals surface area (Å²) in [7, 11) is 0.